The summed E-state index contributed by atoms with van der Waals surface area (Å²) in [7, 11) is -1.94. The smallest absolute Gasteiger partial charge is 0.318 e. The monoisotopic (exact) mass is 258 g/mol. The number of aliphatic carboxylic acids is 1. The number of carbonyl (C=O) groups excluding carboxylic acids is 1. The molecule has 6 nitrogen and oxygen atoms in total. The van der Waals surface area contributed by atoms with Crippen LogP contribution in [0.25, 0.3) is 0 Å². The number of rotatable bonds is 4. The SMILES string of the molecule is COC(=O)CSC.CS(=O)(=O)CC(=O)O. The molecule has 0 aromatic heterocycles. The van der Waals surface area contributed by atoms with Gasteiger partial charge in [0.15, 0.2) is 9.84 Å². The molecule has 90 valence electrons. The summed E-state index contributed by atoms with van der Waals surface area (Å²) < 4.78 is 24.5. The number of sulfone groups is 1. The maximum Gasteiger partial charge on any atom is 0.318 e. The van der Waals surface area contributed by atoms with Crippen molar-refractivity contribution in [3.05, 3.63) is 0 Å². The molecule has 0 aromatic rings. The van der Waals surface area contributed by atoms with Crippen LogP contribution in [0.5, 0.6) is 0 Å². The Morgan fingerprint density at radius 2 is 1.87 bits per heavy atom. The number of hydrogen-bond acceptors (Lipinski definition) is 6. The second-order valence-corrected chi connectivity index (χ2v) is 5.48. The van der Waals surface area contributed by atoms with Crippen LogP contribution in [0.1, 0.15) is 0 Å². The normalized spacial score (nSPS) is 9.80. The lowest BCUT2D eigenvalue weighted by Gasteiger charge is -1.90. The van der Waals surface area contributed by atoms with E-state index in [9.17, 15) is 18.0 Å². The number of carboxylic acid groups (broad SMARTS) is 1. The maximum absolute atomic E-state index is 10.2. The second-order valence-electron chi connectivity index (χ2n) is 2.47. The topological polar surface area (TPSA) is 97.7 Å². The first-order chi connectivity index (χ1) is 6.72. The first-order valence-corrected chi connectivity index (χ1v) is 7.13. The zero-order chi connectivity index (χ0) is 12.5. The molecule has 0 spiro atoms. The van der Waals surface area contributed by atoms with E-state index in [0.717, 1.165) is 6.26 Å². The highest BCUT2D eigenvalue weighted by atomic mass is 32.2. The minimum atomic E-state index is -3.32. The molecule has 0 heterocycles. The van der Waals surface area contributed by atoms with Crippen molar-refractivity contribution in [2.75, 3.05) is 31.1 Å². The first-order valence-electron chi connectivity index (χ1n) is 3.68. The average molecular weight is 258 g/mol. The van der Waals surface area contributed by atoms with Crippen molar-refractivity contribution in [2.45, 2.75) is 0 Å². The van der Waals surface area contributed by atoms with Crippen LogP contribution < -0.4 is 0 Å². The fraction of sp³-hybridized carbons (Fsp3) is 0.714. The molecule has 0 saturated heterocycles. The predicted molar refractivity (Wildman–Crippen MR) is 57.7 cm³/mol. The van der Waals surface area contributed by atoms with E-state index in [1.54, 1.807) is 0 Å². The molecule has 8 heteroatoms. The van der Waals surface area contributed by atoms with Gasteiger partial charge >= 0.3 is 11.9 Å². The van der Waals surface area contributed by atoms with E-state index in [2.05, 4.69) is 4.74 Å². The van der Waals surface area contributed by atoms with Crippen molar-refractivity contribution < 1.29 is 27.9 Å². The zero-order valence-corrected chi connectivity index (χ0v) is 10.4. The van der Waals surface area contributed by atoms with E-state index < -0.39 is 21.6 Å². The fourth-order valence-electron chi connectivity index (χ4n) is 0.401. The Balaban J connectivity index is 0. The fourth-order valence-corrected chi connectivity index (χ4v) is 1.20. The van der Waals surface area contributed by atoms with E-state index in [4.69, 9.17) is 5.11 Å². The van der Waals surface area contributed by atoms with Gasteiger partial charge in [0, 0.05) is 6.26 Å². The number of hydrogen-bond donors (Lipinski definition) is 1. The molecule has 0 fully saturated rings. The predicted octanol–water partition coefficient (Wildman–Crippen LogP) is -0.362. The van der Waals surface area contributed by atoms with Gasteiger partial charge in [0.2, 0.25) is 0 Å². The molecular formula is C7H14O6S2. The van der Waals surface area contributed by atoms with Gasteiger partial charge in [0.05, 0.1) is 12.9 Å². The summed E-state index contributed by atoms with van der Waals surface area (Å²) >= 11 is 1.46. The van der Waals surface area contributed by atoms with Crippen molar-refractivity contribution in [1.82, 2.24) is 0 Å². The molecule has 0 radical (unpaired) electrons. The third kappa shape index (κ3) is 19.6. The van der Waals surface area contributed by atoms with Crippen LogP contribution in [0.15, 0.2) is 0 Å². The summed E-state index contributed by atoms with van der Waals surface area (Å²) in [6.07, 6.45) is 2.73. The summed E-state index contributed by atoms with van der Waals surface area (Å²) in [6.45, 7) is 0. The summed E-state index contributed by atoms with van der Waals surface area (Å²) in [5.74, 6) is -1.80. The van der Waals surface area contributed by atoms with Crippen LogP contribution in [-0.2, 0) is 24.2 Å². The zero-order valence-electron chi connectivity index (χ0n) is 8.72. The molecule has 15 heavy (non-hydrogen) atoms. The quantitative estimate of drug-likeness (QED) is 0.687. The lowest BCUT2D eigenvalue weighted by Crippen LogP contribution is -2.12. The van der Waals surface area contributed by atoms with Crippen LogP contribution in [0.2, 0.25) is 0 Å². The van der Waals surface area contributed by atoms with Crippen molar-refractivity contribution in [3.8, 4) is 0 Å². The van der Waals surface area contributed by atoms with E-state index >= 15 is 0 Å². The molecule has 0 aromatic carbocycles. The van der Waals surface area contributed by atoms with Crippen LogP contribution in [0.4, 0.5) is 0 Å². The molecular weight excluding hydrogens is 244 g/mol. The Labute approximate surface area is 92.9 Å². The molecule has 0 unspecified atom stereocenters. The van der Waals surface area contributed by atoms with Crippen molar-refractivity contribution in [3.63, 3.8) is 0 Å². The van der Waals surface area contributed by atoms with E-state index in [1.807, 2.05) is 6.26 Å². The molecule has 0 aliphatic carbocycles. The molecule has 0 aliphatic rings. The molecule has 1 N–H and O–H groups in total. The Kier molecular flexibility index (Phi) is 9.49. The summed E-state index contributed by atoms with van der Waals surface area (Å²) in [4.78, 5) is 19.8. The van der Waals surface area contributed by atoms with Gasteiger partial charge in [-0.2, -0.15) is 11.8 Å². The highest BCUT2D eigenvalue weighted by Crippen LogP contribution is 1.90. The summed E-state index contributed by atoms with van der Waals surface area (Å²) in [6, 6.07) is 0. The average Bonchev–Trinajstić information content (AvgIpc) is 2.01. The van der Waals surface area contributed by atoms with Crippen LogP contribution in [-0.4, -0.2) is 56.6 Å². The lowest BCUT2D eigenvalue weighted by atomic mass is 10.8. The van der Waals surface area contributed by atoms with E-state index in [1.165, 1.54) is 18.9 Å². The first kappa shape index (κ1) is 16.7. The number of carbonyl (C=O) groups is 2. The van der Waals surface area contributed by atoms with Gasteiger partial charge in [0.1, 0.15) is 5.75 Å². The van der Waals surface area contributed by atoms with Gasteiger partial charge < -0.3 is 9.84 Å². The Bertz CT molecular complexity index is 295. The van der Waals surface area contributed by atoms with Gasteiger partial charge in [0.25, 0.3) is 0 Å². The van der Waals surface area contributed by atoms with E-state index in [-0.39, 0.29) is 5.97 Å². The number of esters is 1. The largest absolute Gasteiger partial charge is 0.480 e. The Morgan fingerprint density at radius 3 is 1.93 bits per heavy atom. The summed E-state index contributed by atoms with van der Waals surface area (Å²) in [5, 5.41) is 7.87. The third-order valence-electron chi connectivity index (χ3n) is 0.876. The van der Waals surface area contributed by atoms with Crippen LogP contribution in [0, 0.1) is 0 Å². The Hall–Kier alpha value is -0.760. The standard InChI is InChI=1S/C4H8O2S.C3H6O4S/c1-6-4(5)3-7-2;1-8(6,7)2-3(4)5/h3H2,1-2H3;2H2,1H3,(H,4,5). The van der Waals surface area contributed by atoms with Gasteiger partial charge in [-0.3, -0.25) is 9.59 Å². The van der Waals surface area contributed by atoms with Gasteiger partial charge in [-0.15, -0.1) is 0 Å². The minimum Gasteiger partial charge on any atom is -0.480 e. The van der Waals surface area contributed by atoms with Crippen molar-refractivity contribution >= 4 is 33.5 Å². The number of thioether (sulfide) groups is 1. The summed E-state index contributed by atoms with van der Waals surface area (Å²) in [5.41, 5.74) is 0. The van der Waals surface area contributed by atoms with E-state index in [0.29, 0.717) is 5.75 Å². The van der Waals surface area contributed by atoms with Gasteiger partial charge in [-0.05, 0) is 6.26 Å². The maximum atomic E-state index is 10.2. The molecule has 0 bridgehead atoms. The number of methoxy groups -OCH3 is 1. The molecule has 0 rings (SSSR count). The van der Waals surface area contributed by atoms with Crippen LogP contribution >= 0.6 is 11.8 Å². The molecule has 0 saturated carbocycles. The Morgan fingerprint density at radius 1 is 1.40 bits per heavy atom. The van der Waals surface area contributed by atoms with Crippen molar-refractivity contribution in [2.24, 2.45) is 0 Å². The number of carboxylic acids is 1. The van der Waals surface area contributed by atoms with Crippen molar-refractivity contribution in [1.29, 1.82) is 0 Å². The highest BCUT2D eigenvalue weighted by Gasteiger charge is 2.06. The lowest BCUT2D eigenvalue weighted by molar-refractivity contribution is -0.137. The second kappa shape index (κ2) is 8.54. The van der Waals surface area contributed by atoms with Crippen LogP contribution in [0.3, 0.4) is 0 Å². The third-order valence-corrected chi connectivity index (χ3v) is 2.17. The molecule has 0 aliphatic heterocycles. The van der Waals surface area contributed by atoms with Gasteiger partial charge in [-0.25, -0.2) is 8.42 Å². The molecule has 0 amide bonds. The van der Waals surface area contributed by atoms with Gasteiger partial charge in [-0.1, -0.05) is 0 Å². The molecule has 0 atom stereocenters. The highest BCUT2D eigenvalue weighted by molar-refractivity contribution is 7.99. The minimum absolute atomic E-state index is 0.160. The number of ether oxygens (including phenoxy) is 1.